The molecular formula is C16H16ClN3OS2. The average Bonchev–Trinajstić information content (AvgIpc) is 3.20. The van der Waals surface area contributed by atoms with E-state index in [1.54, 1.807) is 18.4 Å². The molecule has 0 spiro atoms. The van der Waals surface area contributed by atoms with Gasteiger partial charge in [0.25, 0.3) is 0 Å². The number of halogens is 1. The van der Waals surface area contributed by atoms with Crippen LogP contribution in [-0.2, 0) is 19.6 Å². The fraction of sp³-hybridized carbons (Fsp3) is 0.250. The maximum Gasteiger partial charge on any atom is 0.138 e. The highest BCUT2D eigenvalue weighted by atomic mass is 35.5. The van der Waals surface area contributed by atoms with Crippen LogP contribution in [0.2, 0.25) is 4.34 Å². The first kappa shape index (κ1) is 16.4. The summed E-state index contributed by atoms with van der Waals surface area (Å²) < 4.78 is 10.0. The van der Waals surface area contributed by atoms with E-state index >= 15 is 0 Å². The van der Waals surface area contributed by atoms with Crippen molar-refractivity contribution in [2.24, 2.45) is 0 Å². The van der Waals surface area contributed by atoms with E-state index in [0.717, 1.165) is 30.1 Å². The van der Waals surface area contributed by atoms with E-state index in [4.69, 9.17) is 16.3 Å². The summed E-state index contributed by atoms with van der Waals surface area (Å²) in [6, 6.07) is 12.3. The fourth-order valence-corrected chi connectivity index (χ4v) is 3.73. The number of benzene rings is 1. The highest BCUT2D eigenvalue weighted by molar-refractivity contribution is 7.10. The molecule has 0 saturated heterocycles. The molecule has 2 heterocycles. The molecule has 0 aliphatic heterocycles. The second-order valence-corrected chi connectivity index (χ2v) is 7.42. The first-order valence-corrected chi connectivity index (χ1v) is 9.12. The third-order valence-corrected chi connectivity index (χ3v) is 5.27. The van der Waals surface area contributed by atoms with Crippen LogP contribution in [0.15, 0.2) is 41.8 Å². The number of methoxy groups -OCH3 is 1. The molecule has 0 aliphatic rings. The lowest BCUT2D eigenvalue weighted by atomic mass is 10.2. The first-order chi connectivity index (χ1) is 11.3. The SMILES string of the molecule is COc1ccccc1CN(Cc1cccs1)Cc1nnsc1Cl. The van der Waals surface area contributed by atoms with Crippen LogP contribution >= 0.6 is 34.5 Å². The van der Waals surface area contributed by atoms with Gasteiger partial charge in [0.2, 0.25) is 0 Å². The van der Waals surface area contributed by atoms with Crippen LogP contribution < -0.4 is 4.74 Å². The lowest BCUT2D eigenvalue weighted by Gasteiger charge is -2.22. The minimum Gasteiger partial charge on any atom is -0.496 e. The van der Waals surface area contributed by atoms with Crippen LogP contribution in [0.5, 0.6) is 5.75 Å². The third kappa shape index (κ3) is 4.29. The van der Waals surface area contributed by atoms with Crippen molar-refractivity contribution in [3.05, 3.63) is 62.2 Å². The van der Waals surface area contributed by atoms with Crippen LogP contribution in [-0.4, -0.2) is 21.6 Å². The highest BCUT2D eigenvalue weighted by Crippen LogP contribution is 2.25. The van der Waals surface area contributed by atoms with Crippen LogP contribution in [0.1, 0.15) is 16.1 Å². The number of rotatable bonds is 7. The van der Waals surface area contributed by atoms with Gasteiger partial charge in [-0.15, -0.1) is 16.4 Å². The van der Waals surface area contributed by atoms with Crippen LogP contribution in [0.4, 0.5) is 0 Å². The van der Waals surface area contributed by atoms with E-state index in [-0.39, 0.29) is 0 Å². The molecular weight excluding hydrogens is 350 g/mol. The monoisotopic (exact) mass is 365 g/mol. The number of thiophene rings is 1. The average molecular weight is 366 g/mol. The zero-order valence-electron chi connectivity index (χ0n) is 12.6. The second kappa shape index (κ2) is 7.88. The Morgan fingerprint density at radius 1 is 1.13 bits per heavy atom. The molecule has 2 aromatic heterocycles. The van der Waals surface area contributed by atoms with Gasteiger partial charge in [0.15, 0.2) is 0 Å². The summed E-state index contributed by atoms with van der Waals surface area (Å²) in [6.45, 7) is 2.25. The van der Waals surface area contributed by atoms with Crippen molar-refractivity contribution in [2.75, 3.05) is 7.11 Å². The smallest absolute Gasteiger partial charge is 0.138 e. The Morgan fingerprint density at radius 2 is 2.00 bits per heavy atom. The second-order valence-electron chi connectivity index (χ2n) is 5.03. The molecule has 0 radical (unpaired) electrons. The van der Waals surface area contributed by atoms with Crippen molar-refractivity contribution in [3.8, 4) is 5.75 Å². The van der Waals surface area contributed by atoms with Gasteiger partial charge < -0.3 is 4.74 Å². The molecule has 23 heavy (non-hydrogen) atoms. The van der Waals surface area contributed by atoms with Crippen molar-refractivity contribution < 1.29 is 4.74 Å². The van der Waals surface area contributed by atoms with Gasteiger partial charge in [-0.3, -0.25) is 4.90 Å². The van der Waals surface area contributed by atoms with E-state index in [9.17, 15) is 0 Å². The first-order valence-electron chi connectivity index (χ1n) is 7.09. The predicted octanol–water partition coefficient (Wildman–Crippen LogP) is 4.46. The molecule has 0 fully saturated rings. The molecule has 4 nitrogen and oxygen atoms in total. The van der Waals surface area contributed by atoms with Crippen LogP contribution in [0.3, 0.4) is 0 Å². The maximum absolute atomic E-state index is 6.17. The Hall–Kier alpha value is -1.47. The van der Waals surface area contributed by atoms with Crippen molar-refractivity contribution in [1.82, 2.24) is 14.5 Å². The van der Waals surface area contributed by atoms with E-state index in [2.05, 4.69) is 38.1 Å². The van der Waals surface area contributed by atoms with Crippen molar-refractivity contribution >= 4 is 34.5 Å². The van der Waals surface area contributed by atoms with E-state index in [1.165, 1.54) is 16.4 Å². The number of para-hydroxylation sites is 1. The minimum atomic E-state index is 0.654. The van der Waals surface area contributed by atoms with Gasteiger partial charge in [-0.25, -0.2) is 0 Å². The van der Waals surface area contributed by atoms with E-state index < -0.39 is 0 Å². The molecule has 0 amide bonds. The fourth-order valence-electron chi connectivity index (χ4n) is 2.37. The van der Waals surface area contributed by atoms with Gasteiger partial charge >= 0.3 is 0 Å². The summed E-state index contributed by atoms with van der Waals surface area (Å²) >= 11 is 9.15. The van der Waals surface area contributed by atoms with Gasteiger partial charge in [-0.2, -0.15) is 0 Å². The summed E-state index contributed by atoms with van der Waals surface area (Å²) in [4.78, 5) is 3.60. The molecule has 7 heteroatoms. The number of aromatic nitrogens is 2. The van der Waals surface area contributed by atoms with Crippen LogP contribution in [0.25, 0.3) is 0 Å². The minimum absolute atomic E-state index is 0.654. The number of nitrogens with zero attached hydrogens (tertiary/aromatic N) is 3. The molecule has 3 aromatic rings. The van der Waals surface area contributed by atoms with E-state index in [0.29, 0.717) is 10.9 Å². The Bertz CT molecular complexity index is 745. The lowest BCUT2D eigenvalue weighted by Crippen LogP contribution is -2.22. The summed E-state index contributed by atoms with van der Waals surface area (Å²) in [6.07, 6.45) is 0. The quantitative estimate of drug-likeness (QED) is 0.619. The number of ether oxygens (including phenoxy) is 1. The number of hydrogen-bond acceptors (Lipinski definition) is 6. The Morgan fingerprint density at radius 3 is 2.70 bits per heavy atom. The van der Waals surface area contributed by atoms with Crippen LogP contribution in [0, 0.1) is 0 Å². The molecule has 0 saturated carbocycles. The summed E-state index contributed by atoms with van der Waals surface area (Å²) in [5.74, 6) is 0.895. The Balaban J connectivity index is 1.80. The van der Waals surface area contributed by atoms with Gasteiger partial charge in [0, 0.05) is 41.6 Å². The highest BCUT2D eigenvalue weighted by Gasteiger charge is 2.15. The Labute approximate surface area is 148 Å². The Kier molecular flexibility index (Phi) is 5.61. The van der Waals surface area contributed by atoms with Gasteiger partial charge in [-0.1, -0.05) is 40.4 Å². The normalized spacial score (nSPS) is 11.1. The van der Waals surface area contributed by atoms with Gasteiger partial charge in [-0.05, 0) is 17.5 Å². The molecule has 3 rings (SSSR count). The molecule has 0 bridgehead atoms. The summed E-state index contributed by atoms with van der Waals surface area (Å²) in [7, 11) is 1.70. The standard InChI is InChI=1S/C16H16ClN3OS2/c1-21-15-7-3-2-5-12(15)9-20(10-13-6-4-8-22-13)11-14-16(17)23-19-18-14/h2-8H,9-11H2,1H3. The zero-order chi connectivity index (χ0) is 16.1. The largest absolute Gasteiger partial charge is 0.496 e. The molecule has 0 aliphatic carbocycles. The topological polar surface area (TPSA) is 38.2 Å². The lowest BCUT2D eigenvalue weighted by molar-refractivity contribution is 0.243. The van der Waals surface area contributed by atoms with Crippen molar-refractivity contribution in [1.29, 1.82) is 0 Å². The maximum atomic E-state index is 6.17. The van der Waals surface area contributed by atoms with E-state index in [1.807, 2.05) is 18.2 Å². The molecule has 0 N–H and O–H groups in total. The molecule has 1 aromatic carbocycles. The summed E-state index contributed by atoms with van der Waals surface area (Å²) in [5, 5.41) is 6.23. The predicted molar refractivity (Wildman–Crippen MR) is 95.2 cm³/mol. The zero-order valence-corrected chi connectivity index (χ0v) is 15.0. The molecule has 0 unspecified atom stereocenters. The van der Waals surface area contributed by atoms with Crippen molar-refractivity contribution in [3.63, 3.8) is 0 Å². The number of hydrogen-bond donors (Lipinski definition) is 0. The summed E-state index contributed by atoms with van der Waals surface area (Å²) in [5.41, 5.74) is 1.97. The molecule has 120 valence electrons. The third-order valence-electron chi connectivity index (χ3n) is 3.43. The van der Waals surface area contributed by atoms with Gasteiger partial charge in [0.1, 0.15) is 15.8 Å². The van der Waals surface area contributed by atoms with Crippen molar-refractivity contribution in [2.45, 2.75) is 19.6 Å². The van der Waals surface area contributed by atoms with Gasteiger partial charge in [0.05, 0.1) is 7.11 Å². The molecule has 0 atom stereocenters.